The predicted octanol–water partition coefficient (Wildman–Crippen LogP) is 7.21. The van der Waals surface area contributed by atoms with Gasteiger partial charge in [0.15, 0.2) is 0 Å². The Morgan fingerprint density at radius 3 is 2.48 bits per heavy atom. The summed E-state index contributed by atoms with van der Waals surface area (Å²) < 4.78 is 8.36. The molecule has 0 radical (unpaired) electrons. The van der Waals surface area contributed by atoms with Crippen LogP contribution in [0.15, 0.2) is 95.9 Å². The summed E-state index contributed by atoms with van der Waals surface area (Å²) in [5, 5.41) is 3.16. The number of nitrogens with zero attached hydrogens (tertiary/aromatic N) is 2. The summed E-state index contributed by atoms with van der Waals surface area (Å²) in [6.45, 7) is 1.32. The molecule has 0 N–H and O–H groups in total. The molecule has 1 aromatic heterocycles. The molecule has 0 aliphatic heterocycles. The number of halogens is 1. The summed E-state index contributed by atoms with van der Waals surface area (Å²) in [5.41, 5.74) is 2.15. The number of hydrogen-bond donors (Lipinski definition) is 0. The summed E-state index contributed by atoms with van der Waals surface area (Å²) in [5.74, 6) is 2.72. The van der Waals surface area contributed by atoms with Gasteiger partial charge in [-0.25, -0.2) is 4.98 Å². The molecule has 0 saturated carbocycles. The first-order valence-electron chi connectivity index (χ1n) is 10.2. The molecule has 0 atom stereocenters. The zero-order chi connectivity index (χ0) is 21.0. The van der Waals surface area contributed by atoms with E-state index < -0.39 is 0 Å². The predicted molar refractivity (Wildman–Crippen MR) is 130 cm³/mol. The number of benzene rings is 4. The van der Waals surface area contributed by atoms with Crippen LogP contribution >= 0.6 is 23.4 Å². The van der Waals surface area contributed by atoms with Crippen molar-refractivity contribution in [3.8, 4) is 5.75 Å². The molecule has 0 amide bonds. The molecule has 31 heavy (non-hydrogen) atoms. The van der Waals surface area contributed by atoms with E-state index in [2.05, 4.69) is 53.1 Å². The topological polar surface area (TPSA) is 27.1 Å². The van der Waals surface area contributed by atoms with E-state index in [0.29, 0.717) is 6.61 Å². The van der Waals surface area contributed by atoms with Crippen LogP contribution in [0.4, 0.5) is 0 Å². The second-order valence-electron chi connectivity index (χ2n) is 7.27. The standard InChI is InChI=1S/C26H21ClN2OS/c27-21-10-13-23(14-11-21)31-18-26-28-24-7-3-4-8-25(24)29(26)15-16-30-22-12-9-19-5-1-2-6-20(19)17-22/h1-14,17H,15-16,18H2. The molecule has 4 aromatic carbocycles. The Hall–Kier alpha value is -2.95. The molecule has 5 aromatic rings. The number of fused-ring (bicyclic) bond motifs is 2. The lowest BCUT2D eigenvalue weighted by molar-refractivity contribution is 0.299. The van der Waals surface area contributed by atoms with Gasteiger partial charge in [-0.05, 0) is 59.3 Å². The maximum Gasteiger partial charge on any atom is 0.120 e. The number of hydrogen-bond acceptors (Lipinski definition) is 3. The fourth-order valence-corrected chi connectivity index (χ4v) is 4.65. The monoisotopic (exact) mass is 444 g/mol. The van der Waals surface area contributed by atoms with Crippen LogP contribution in [0.2, 0.25) is 5.02 Å². The normalized spacial score (nSPS) is 11.3. The maximum atomic E-state index is 6.10. The Bertz CT molecular complexity index is 1330. The van der Waals surface area contributed by atoms with Crippen molar-refractivity contribution in [2.45, 2.75) is 17.2 Å². The molecule has 0 aliphatic rings. The number of rotatable bonds is 7. The average Bonchev–Trinajstić information content (AvgIpc) is 3.16. The summed E-state index contributed by atoms with van der Waals surface area (Å²) in [4.78, 5) is 6.05. The first-order chi connectivity index (χ1) is 15.3. The summed E-state index contributed by atoms with van der Waals surface area (Å²) >= 11 is 7.77. The van der Waals surface area contributed by atoms with Gasteiger partial charge in [0.25, 0.3) is 0 Å². The highest BCUT2D eigenvalue weighted by Crippen LogP contribution is 2.26. The first kappa shape index (κ1) is 20.0. The molecule has 0 fully saturated rings. The lowest BCUT2D eigenvalue weighted by atomic mass is 10.1. The van der Waals surface area contributed by atoms with Crippen molar-refractivity contribution in [1.29, 1.82) is 0 Å². The van der Waals surface area contributed by atoms with E-state index in [1.807, 2.05) is 42.5 Å². The van der Waals surface area contributed by atoms with Crippen LogP contribution in [-0.4, -0.2) is 16.2 Å². The number of thioether (sulfide) groups is 1. The third-order valence-corrected chi connectivity index (χ3v) is 6.48. The van der Waals surface area contributed by atoms with E-state index in [1.54, 1.807) is 11.8 Å². The minimum atomic E-state index is 0.581. The van der Waals surface area contributed by atoms with Crippen molar-refractivity contribution >= 4 is 45.2 Å². The van der Waals surface area contributed by atoms with Crippen molar-refractivity contribution in [2.24, 2.45) is 0 Å². The zero-order valence-corrected chi connectivity index (χ0v) is 18.4. The Morgan fingerprint density at radius 1 is 0.839 bits per heavy atom. The zero-order valence-electron chi connectivity index (χ0n) is 16.9. The van der Waals surface area contributed by atoms with Crippen molar-refractivity contribution in [3.63, 3.8) is 0 Å². The van der Waals surface area contributed by atoms with Crippen molar-refractivity contribution in [3.05, 3.63) is 102 Å². The van der Waals surface area contributed by atoms with E-state index in [1.165, 1.54) is 15.7 Å². The van der Waals surface area contributed by atoms with Gasteiger partial charge in [-0.2, -0.15) is 0 Å². The van der Waals surface area contributed by atoms with Gasteiger partial charge in [0.2, 0.25) is 0 Å². The highest BCUT2D eigenvalue weighted by molar-refractivity contribution is 7.98. The van der Waals surface area contributed by atoms with Gasteiger partial charge in [-0.15, -0.1) is 11.8 Å². The fourth-order valence-electron chi connectivity index (χ4n) is 3.68. The van der Waals surface area contributed by atoms with E-state index in [-0.39, 0.29) is 0 Å². The van der Waals surface area contributed by atoms with Gasteiger partial charge >= 0.3 is 0 Å². The molecule has 1 heterocycles. The second-order valence-corrected chi connectivity index (χ2v) is 8.75. The number of imidazole rings is 1. The highest BCUT2D eigenvalue weighted by Gasteiger charge is 2.11. The quantitative estimate of drug-likeness (QED) is 0.248. The van der Waals surface area contributed by atoms with E-state index in [4.69, 9.17) is 21.3 Å². The minimum Gasteiger partial charge on any atom is -0.492 e. The van der Waals surface area contributed by atoms with Crippen LogP contribution in [0, 0.1) is 0 Å². The number of ether oxygens (including phenoxy) is 1. The van der Waals surface area contributed by atoms with Gasteiger partial charge in [-0.1, -0.05) is 54.1 Å². The molecule has 5 rings (SSSR count). The Morgan fingerprint density at radius 2 is 1.61 bits per heavy atom. The first-order valence-corrected chi connectivity index (χ1v) is 11.6. The molecular formula is C26H21ClN2OS. The van der Waals surface area contributed by atoms with Crippen LogP contribution in [-0.2, 0) is 12.3 Å². The van der Waals surface area contributed by atoms with Gasteiger partial charge in [0, 0.05) is 9.92 Å². The van der Waals surface area contributed by atoms with Crippen LogP contribution in [0.1, 0.15) is 5.82 Å². The van der Waals surface area contributed by atoms with Gasteiger partial charge in [0.1, 0.15) is 18.2 Å². The van der Waals surface area contributed by atoms with Gasteiger partial charge in [0.05, 0.1) is 23.3 Å². The molecule has 0 unspecified atom stereocenters. The average molecular weight is 445 g/mol. The Labute approximate surface area is 190 Å². The largest absolute Gasteiger partial charge is 0.492 e. The molecule has 0 saturated heterocycles. The van der Waals surface area contributed by atoms with Crippen molar-refractivity contribution in [2.75, 3.05) is 6.61 Å². The maximum absolute atomic E-state index is 6.10. The third kappa shape index (κ3) is 4.55. The van der Waals surface area contributed by atoms with Crippen molar-refractivity contribution < 1.29 is 4.74 Å². The molecule has 0 spiro atoms. The molecule has 5 heteroatoms. The third-order valence-electron chi connectivity index (χ3n) is 5.22. The van der Waals surface area contributed by atoms with E-state index >= 15 is 0 Å². The summed E-state index contributed by atoms with van der Waals surface area (Å²) in [6, 6.07) is 30.8. The van der Waals surface area contributed by atoms with Gasteiger partial charge in [-0.3, -0.25) is 0 Å². The molecule has 3 nitrogen and oxygen atoms in total. The molecule has 154 valence electrons. The van der Waals surface area contributed by atoms with E-state index in [9.17, 15) is 0 Å². The van der Waals surface area contributed by atoms with Crippen LogP contribution < -0.4 is 4.74 Å². The lowest BCUT2D eigenvalue weighted by Crippen LogP contribution is -2.10. The molecule has 0 bridgehead atoms. The van der Waals surface area contributed by atoms with Crippen molar-refractivity contribution in [1.82, 2.24) is 9.55 Å². The Kier molecular flexibility index (Phi) is 5.83. The summed E-state index contributed by atoms with van der Waals surface area (Å²) in [6.07, 6.45) is 0. The number of para-hydroxylation sites is 2. The smallest absolute Gasteiger partial charge is 0.120 e. The minimum absolute atomic E-state index is 0.581. The Balaban J connectivity index is 1.32. The highest BCUT2D eigenvalue weighted by atomic mass is 35.5. The summed E-state index contributed by atoms with van der Waals surface area (Å²) in [7, 11) is 0. The lowest BCUT2D eigenvalue weighted by Gasteiger charge is -2.11. The molecule has 0 aliphatic carbocycles. The van der Waals surface area contributed by atoms with Crippen LogP contribution in [0.25, 0.3) is 21.8 Å². The number of aromatic nitrogens is 2. The van der Waals surface area contributed by atoms with Crippen LogP contribution in [0.3, 0.4) is 0 Å². The SMILES string of the molecule is Clc1ccc(SCc2nc3ccccc3n2CCOc2ccc3ccccc3c2)cc1. The molecular weight excluding hydrogens is 424 g/mol. The fraction of sp³-hybridized carbons (Fsp3) is 0.115. The van der Waals surface area contributed by atoms with Crippen LogP contribution in [0.5, 0.6) is 5.75 Å². The second kappa shape index (κ2) is 9.04. The van der Waals surface area contributed by atoms with Gasteiger partial charge < -0.3 is 9.30 Å². The van der Waals surface area contributed by atoms with E-state index in [0.717, 1.165) is 39.9 Å².